The highest BCUT2D eigenvalue weighted by Gasteiger charge is 2.37. The maximum absolute atomic E-state index is 13.7. The maximum atomic E-state index is 13.7. The molecule has 2 nitrogen and oxygen atoms in total. The summed E-state index contributed by atoms with van der Waals surface area (Å²) >= 11 is 0. The Morgan fingerprint density at radius 1 is 0.900 bits per heavy atom. The first-order valence-electron chi connectivity index (χ1n) is 14.0. The zero-order chi connectivity index (χ0) is 28.3. The second-order valence-electron chi connectivity index (χ2n) is 11.5. The van der Waals surface area contributed by atoms with Gasteiger partial charge in [0.1, 0.15) is 0 Å². The molecule has 0 spiro atoms. The minimum absolute atomic E-state index is 0.0740. The van der Waals surface area contributed by atoms with Gasteiger partial charge in [-0.1, -0.05) is 55.1 Å². The van der Waals surface area contributed by atoms with E-state index in [1.165, 1.54) is 30.5 Å². The molecular formula is C33H35F5N2. The van der Waals surface area contributed by atoms with E-state index in [-0.39, 0.29) is 11.0 Å². The number of nitrogens with one attached hydrogen (secondary N) is 1. The van der Waals surface area contributed by atoms with Crippen LogP contribution in [0.4, 0.5) is 27.6 Å². The van der Waals surface area contributed by atoms with Crippen molar-refractivity contribution in [2.45, 2.75) is 56.5 Å². The molecule has 3 aromatic rings. The molecule has 7 heteroatoms. The summed E-state index contributed by atoms with van der Waals surface area (Å²) in [4.78, 5) is 2.56. The summed E-state index contributed by atoms with van der Waals surface area (Å²) in [6.07, 6.45) is 0.973. The van der Waals surface area contributed by atoms with Crippen LogP contribution in [0.25, 0.3) is 11.1 Å². The Morgan fingerprint density at radius 3 is 2.27 bits per heavy atom. The maximum Gasteiger partial charge on any atom is 0.393 e. The van der Waals surface area contributed by atoms with E-state index in [1.54, 1.807) is 12.1 Å². The fourth-order valence-electron chi connectivity index (χ4n) is 5.85. The Balaban J connectivity index is 1.31. The molecule has 5 rings (SSSR count). The second kappa shape index (κ2) is 11.7. The molecule has 2 fully saturated rings. The molecule has 0 atom stereocenters. The van der Waals surface area contributed by atoms with Gasteiger partial charge in [0.2, 0.25) is 0 Å². The predicted molar refractivity (Wildman–Crippen MR) is 150 cm³/mol. The molecular weight excluding hydrogens is 519 g/mol. The lowest BCUT2D eigenvalue weighted by molar-refractivity contribution is -0.127. The molecule has 212 valence electrons. The van der Waals surface area contributed by atoms with Crippen molar-refractivity contribution in [1.29, 1.82) is 0 Å². The lowest BCUT2D eigenvalue weighted by Gasteiger charge is -2.43. The van der Waals surface area contributed by atoms with E-state index in [4.69, 9.17) is 0 Å². The summed E-state index contributed by atoms with van der Waals surface area (Å²) in [5, 5.41) is 3.12. The van der Waals surface area contributed by atoms with E-state index in [9.17, 15) is 22.0 Å². The van der Waals surface area contributed by atoms with Gasteiger partial charge in [0.05, 0.1) is 6.42 Å². The number of hydrogen-bond acceptors (Lipinski definition) is 2. The van der Waals surface area contributed by atoms with Crippen LogP contribution in [0, 0.1) is 17.6 Å². The van der Waals surface area contributed by atoms with E-state index >= 15 is 0 Å². The van der Waals surface area contributed by atoms with Gasteiger partial charge in [0, 0.05) is 24.0 Å². The minimum atomic E-state index is -4.24. The number of nitrogens with zero attached hydrogens (tertiary/aromatic N) is 1. The van der Waals surface area contributed by atoms with E-state index in [0.29, 0.717) is 12.1 Å². The van der Waals surface area contributed by atoms with Crippen LogP contribution >= 0.6 is 0 Å². The number of piperidine rings is 1. The van der Waals surface area contributed by atoms with Gasteiger partial charge < -0.3 is 10.2 Å². The van der Waals surface area contributed by atoms with Crippen molar-refractivity contribution in [2.75, 3.05) is 25.0 Å². The van der Waals surface area contributed by atoms with Crippen LogP contribution < -0.4 is 5.32 Å². The summed E-state index contributed by atoms with van der Waals surface area (Å²) in [5.74, 6) is -0.954. The lowest BCUT2D eigenvalue weighted by Crippen LogP contribution is -2.43. The molecule has 1 heterocycles. The zero-order valence-corrected chi connectivity index (χ0v) is 22.5. The average molecular weight is 555 g/mol. The highest BCUT2D eigenvalue weighted by Crippen LogP contribution is 2.42. The van der Waals surface area contributed by atoms with Crippen molar-refractivity contribution >= 4 is 5.69 Å². The SMILES string of the molecule is C=C(CCC1(c2ccc(-c3cccc(CC(F)(F)F)c3)cc2)CCN(CC2CC2)CC1)Nc1ccc(F)c(F)c1. The van der Waals surface area contributed by atoms with Crippen LogP contribution in [0.1, 0.15) is 49.7 Å². The van der Waals surface area contributed by atoms with Crippen LogP contribution in [0.5, 0.6) is 0 Å². The Morgan fingerprint density at radius 2 is 1.62 bits per heavy atom. The second-order valence-corrected chi connectivity index (χ2v) is 11.5. The Hall–Kier alpha value is -3.19. The van der Waals surface area contributed by atoms with Gasteiger partial charge in [0.15, 0.2) is 11.6 Å². The van der Waals surface area contributed by atoms with E-state index < -0.39 is 24.2 Å². The largest absolute Gasteiger partial charge is 0.393 e. The first kappa shape index (κ1) is 28.3. The summed E-state index contributed by atoms with van der Waals surface area (Å²) in [6.45, 7) is 7.33. The fraction of sp³-hybridized carbons (Fsp3) is 0.394. The highest BCUT2D eigenvalue weighted by atomic mass is 19.4. The number of benzene rings is 3. The first-order valence-corrected chi connectivity index (χ1v) is 14.0. The van der Waals surface area contributed by atoms with Crippen molar-refractivity contribution in [1.82, 2.24) is 4.90 Å². The van der Waals surface area contributed by atoms with Gasteiger partial charge in [0.25, 0.3) is 0 Å². The van der Waals surface area contributed by atoms with Crippen LogP contribution in [-0.2, 0) is 11.8 Å². The van der Waals surface area contributed by atoms with E-state index in [2.05, 4.69) is 28.9 Å². The summed E-state index contributed by atoms with van der Waals surface area (Å²) in [6, 6.07) is 18.6. The number of rotatable bonds is 10. The summed E-state index contributed by atoms with van der Waals surface area (Å²) in [5.41, 5.74) is 4.26. The molecule has 3 aromatic carbocycles. The van der Waals surface area contributed by atoms with Crippen molar-refractivity contribution in [3.8, 4) is 11.1 Å². The van der Waals surface area contributed by atoms with Gasteiger partial charge in [-0.25, -0.2) is 8.78 Å². The Labute approximate surface area is 232 Å². The Bertz CT molecular complexity index is 1320. The number of hydrogen-bond donors (Lipinski definition) is 1. The molecule has 40 heavy (non-hydrogen) atoms. The van der Waals surface area contributed by atoms with Crippen molar-refractivity contribution in [3.05, 3.63) is 102 Å². The number of allylic oxidation sites excluding steroid dienone is 1. The monoisotopic (exact) mass is 554 g/mol. The van der Waals surface area contributed by atoms with E-state index in [0.717, 1.165) is 73.8 Å². The third-order valence-corrected chi connectivity index (χ3v) is 8.33. The molecule has 0 radical (unpaired) electrons. The topological polar surface area (TPSA) is 15.3 Å². The smallest absolute Gasteiger partial charge is 0.359 e. The fourth-order valence-corrected chi connectivity index (χ4v) is 5.85. The number of anilines is 1. The molecule has 0 unspecified atom stereocenters. The molecule has 1 aliphatic heterocycles. The standard InChI is InChI=1S/C33H35F5N2/c1-23(39-29-11-12-30(34)31(35)20-29)13-14-32(15-17-40(18-16-32)22-24-5-6-24)28-9-7-26(8-10-28)27-4-2-3-25(19-27)21-33(36,37)38/h2-4,7-12,19-20,24,39H,1,5-6,13-18,21-22H2. The van der Waals surface area contributed by atoms with Crippen LogP contribution in [0.3, 0.4) is 0 Å². The zero-order valence-electron chi connectivity index (χ0n) is 22.5. The number of likely N-dealkylation sites (tertiary alicyclic amines) is 1. The van der Waals surface area contributed by atoms with Gasteiger partial charge in [-0.2, -0.15) is 13.2 Å². The third kappa shape index (κ3) is 7.30. The number of alkyl halides is 3. The predicted octanol–water partition coefficient (Wildman–Crippen LogP) is 8.89. The average Bonchev–Trinajstić information content (AvgIpc) is 3.74. The van der Waals surface area contributed by atoms with Gasteiger partial charge in [-0.05, 0) is 97.3 Å². The quantitative estimate of drug-likeness (QED) is 0.252. The molecule has 0 aromatic heterocycles. The first-order chi connectivity index (χ1) is 19.1. The van der Waals surface area contributed by atoms with Gasteiger partial charge in [-0.15, -0.1) is 0 Å². The van der Waals surface area contributed by atoms with Crippen LogP contribution in [0.2, 0.25) is 0 Å². The molecule has 0 amide bonds. The third-order valence-electron chi connectivity index (χ3n) is 8.33. The van der Waals surface area contributed by atoms with Crippen molar-refractivity contribution in [3.63, 3.8) is 0 Å². The molecule has 2 aliphatic rings. The van der Waals surface area contributed by atoms with Gasteiger partial charge in [-0.3, -0.25) is 0 Å². The van der Waals surface area contributed by atoms with Gasteiger partial charge >= 0.3 is 6.18 Å². The summed E-state index contributed by atoms with van der Waals surface area (Å²) < 4.78 is 65.7. The highest BCUT2D eigenvalue weighted by molar-refractivity contribution is 5.64. The number of halogens is 5. The molecule has 1 saturated heterocycles. The van der Waals surface area contributed by atoms with Crippen LogP contribution in [0.15, 0.2) is 79.0 Å². The summed E-state index contributed by atoms with van der Waals surface area (Å²) in [7, 11) is 0. The Kier molecular flexibility index (Phi) is 8.31. The van der Waals surface area contributed by atoms with Crippen molar-refractivity contribution in [2.24, 2.45) is 5.92 Å². The molecule has 0 bridgehead atoms. The minimum Gasteiger partial charge on any atom is -0.359 e. The van der Waals surface area contributed by atoms with Crippen LogP contribution in [-0.4, -0.2) is 30.7 Å². The van der Waals surface area contributed by atoms with E-state index in [1.807, 2.05) is 18.2 Å². The molecule has 1 saturated carbocycles. The molecule has 1 N–H and O–H groups in total. The molecule has 1 aliphatic carbocycles. The lowest BCUT2D eigenvalue weighted by atomic mass is 9.69. The van der Waals surface area contributed by atoms with Crippen molar-refractivity contribution < 1.29 is 22.0 Å². The normalized spacial score (nSPS) is 17.5.